The molecule has 0 atom stereocenters. The average molecular weight is 382 g/mol. The summed E-state index contributed by atoms with van der Waals surface area (Å²) < 4.78 is 9.94. The van der Waals surface area contributed by atoms with Gasteiger partial charge >= 0.3 is 0 Å². The molecule has 0 saturated heterocycles. The van der Waals surface area contributed by atoms with Crippen LogP contribution in [-0.2, 0) is 16.0 Å². The molecule has 2 aromatic rings. The molecule has 9 heteroatoms. The van der Waals surface area contributed by atoms with E-state index in [0.29, 0.717) is 19.6 Å². The van der Waals surface area contributed by atoms with Crippen molar-refractivity contribution in [3.63, 3.8) is 0 Å². The number of carbonyl (C=O) groups is 1. The number of nitrogens with one attached hydrogen (secondary N) is 2. The number of hydrogen-bond donors (Lipinski definition) is 2. The number of carbonyl (C=O) groups excluding carboxylic acids is 1. The second-order valence-corrected chi connectivity index (χ2v) is 5.28. The molecule has 23 heavy (non-hydrogen) atoms. The first-order valence-electron chi connectivity index (χ1n) is 6.73. The van der Waals surface area contributed by atoms with Crippen molar-refractivity contribution < 1.29 is 13.9 Å². The monoisotopic (exact) mass is 381 g/mol. The minimum Gasteiger partial charge on any atom is -0.472 e. The molecule has 2 aromatic heterocycles. The van der Waals surface area contributed by atoms with Gasteiger partial charge in [-0.25, -0.2) is 4.98 Å². The number of rotatable bonds is 9. The van der Waals surface area contributed by atoms with Gasteiger partial charge in [-0.15, -0.1) is 36.2 Å². The van der Waals surface area contributed by atoms with E-state index in [9.17, 15) is 4.79 Å². The van der Waals surface area contributed by atoms with Crippen molar-refractivity contribution in [3.05, 3.63) is 29.7 Å². The number of ether oxygens (including phenoxy) is 1. The molecule has 0 bridgehead atoms. The molecule has 0 aliphatic heterocycles. The van der Waals surface area contributed by atoms with Crippen LogP contribution in [0.3, 0.4) is 0 Å². The van der Waals surface area contributed by atoms with Gasteiger partial charge in [0.2, 0.25) is 5.91 Å². The molecule has 0 aliphatic rings. The Morgan fingerprint density at radius 2 is 2.17 bits per heavy atom. The van der Waals surface area contributed by atoms with Gasteiger partial charge in [0.1, 0.15) is 11.3 Å². The van der Waals surface area contributed by atoms with Gasteiger partial charge in [-0.1, -0.05) is 0 Å². The van der Waals surface area contributed by atoms with Crippen LogP contribution in [-0.4, -0.2) is 44.2 Å². The summed E-state index contributed by atoms with van der Waals surface area (Å²) in [5.74, 6) is -0.0208. The van der Waals surface area contributed by atoms with Crippen LogP contribution in [0.5, 0.6) is 0 Å². The Balaban J connectivity index is 0.00000242. The fourth-order valence-corrected chi connectivity index (χ4v) is 2.53. The van der Waals surface area contributed by atoms with E-state index in [2.05, 4.69) is 15.6 Å². The van der Waals surface area contributed by atoms with Gasteiger partial charge in [0, 0.05) is 37.7 Å². The molecule has 0 aromatic carbocycles. The Morgan fingerprint density at radius 1 is 1.35 bits per heavy atom. The molecule has 2 rings (SSSR count). The number of halogens is 2. The second kappa shape index (κ2) is 12.3. The van der Waals surface area contributed by atoms with Crippen LogP contribution in [0.25, 0.3) is 10.6 Å². The third-order valence-corrected chi connectivity index (χ3v) is 3.71. The largest absolute Gasteiger partial charge is 0.472 e. The lowest BCUT2D eigenvalue weighted by atomic mass is 10.3. The predicted octanol–water partition coefficient (Wildman–Crippen LogP) is 2.14. The van der Waals surface area contributed by atoms with Gasteiger partial charge < -0.3 is 19.8 Å². The molecule has 0 unspecified atom stereocenters. The predicted molar refractivity (Wildman–Crippen MR) is 95.8 cm³/mol. The van der Waals surface area contributed by atoms with E-state index in [-0.39, 0.29) is 30.7 Å². The smallest absolute Gasteiger partial charge is 0.226 e. The molecule has 2 N–H and O–H groups in total. The van der Waals surface area contributed by atoms with Crippen LogP contribution in [0.4, 0.5) is 0 Å². The van der Waals surface area contributed by atoms with Crippen molar-refractivity contribution in [1.29, 1.82) is 0 Å². The summed E-state index contributed by atoms with van der Waals surface area (Å²) in [6.45, 7) is 2.78. The molecule has 0 spiro atoms. The van der Waals surface area contributed by atoms with Crippen molar-refractivity contribution in [1.82, 2.24) is 15.6 Å². The molecule has 0 fully saturated rings. The van der Waals surface area contributed by atoms with Crippen LogP contribution in [0, 0.1) is 0 Å². The van der Waals surface area contributed by atoms with Gasteiger partial charge in [-0.05, 0) is 6.07 Å². The normalized spacial score (nSPS) is 9.78. The topological polar surface area (TPSA) is 76.4 Å². The summed E-state index contributed by atoms with van der Waals surface area (Å²) >= 11 is 1.51. The van der Waals surface area contributed by atoms with Gasteiger partial charge in [0.25, 0.3) is 0 Å². The first kappa shape index (κ1) is 21.9. The Hall–Kier alpha value is -1.12. The number of hydrogen-bond acceptors (Lipinski definition) is 6. The molecule has 0 radical (unpaired) electrons. The Bertz CT molecular complexity index is 549. The highest BCUT2D eigenvalue weighted by Gasteiger charge is 2.09. The van der Waals surface area contributed by atoms with Gasteiger partial charge in [0.15, 0.2) is 0 Å². The zero-order valence-corrected chi connectivity index (χ0v) is 15.2. The third kappa shape index (κ3) is 7.81. The molecule has 130 valence electrons. The maximum absolute atomic E-state index is 11.8. The van der Waals surface area contributed by atoms with Crippen molar-refractivity contribution in [2.75, 3.05) is 33.4 Å². The molecule has 1 amide bonds. The standard InChI is InChI=1S/C14H19N3O3S.2ClH/c1-19-7-5-15-3-4-16-13(18)8-12-10-21-14(17-12)11-2-6-20-9-11;;/h2,6,9-10,15H,3-5,7-8H2,1H3,(H,16,18);2*1H. The summed E-state index contributed by atoms with van der Waals surface area (Å²) in [5, 5.41) is 8.79. The molecular weight excluding hydrogens is 361 g/mol. The molecule has 0 saturated carbocycles. The quantitative estimate of drug-likeness (QED) is 0.650. The first-order chi connectivity index (χ1) is 10.3. The molecule has 0 aliphatic carbocycles. The molecule has 6 nitrogen and oxygen atoms in total. The zero-order valence-electron chi connectivity index (χ0n) is 12.7. The SMILES string of the molecule is COCCNCCNC(=O)Cc1csc(-c2ccoc2)n1.Cl.Cl. The Labute approximate surface area is 151 Å². The zero-order chi connectivity index (χ0) is 14.9. The van der Waals surface area contributed by atoms with Crippen LogP contribution < -0.4 is 10.6 Å². The van der Waals surface area contributed by atoms with E-state index in [0.717, 1.165) is 29.4 Å². The number of thiazole rings is 1. The average Bonchev–Trinajstić information content (AvgIpc) is 3.13. The van der Waals surface area contributed by atoms with Crippen LogP contribution in [0.15, 0.2) is 28.4 Å². The Kier molecular flexibility index (Phi) is 11.7. The number of aromatic nitrogens is 1. The molecule has 2 heterocycles. The lowest BCUT2D eigenvalue weighted by Crippen LogP contribution is -2.33. The van der Waals surface area contributed by atoms with Crippen molar-refractivity contribution in [2.45, 2.75) is 6.42 Å². The lowest BCUT2D eigenvalue weighted by molar-refractivity contribution is -0.120. The van der Waals surface area contributed by atoms with E-state index < -0.39 is 0 Å². The summed E-state index contributed by atoms with van der Waals surface area (Å²) in [6.07, 6.45) is 3.56. The maximum atomic E-state index is 11.8. The van der Waals surface area contributed by atoms with Gasteiger partial charge in [0.05, 0.1) is 25.0 Å². The maximum Gasteiger partial charge on any atom is 0.226 e. The summed E-state index contributed by atoms with van der Waals surface area (Å²) in [6, 6.07) is 1.86. The minimum absolute atomic E-state index is 0. The highest BCUT2D eigenvalue weighted by atomic mass is 35.5. The molecular formula is C14H21Cl2N3O3S. The summed E-state index contributed by atoms with van der Waals surface area (Å²) in [4.78, 5) is 16.2. The van der Waals surface area contributed by atoms with Crippen LogP contribution in [0.1, 0.15) is 5.69 Å². The number of nitrogens with zero attached hydrogens (tertiary/aromatic N) is 1. The minimum atomic E-state index is -0.0208. The fraction of sp³-hybridized carbons (Fsp3) is 0.429. The van der Waals surface area contributed by atoms with E-state index in [1.807, 2.05) is 11.4 Å². The summed E-state index contributed by atoms with van der Waals surface area (Å²) in [5.41, 5.74) is 1.72. The number of furan rings is 1. The van der Waals surface area contributed by atoms with Crippen molar-refractivity contribution in [3.8, 4) is 10.6 Å². The second-order valence-electron chi connectivity index (χ2n) is 4.43. The summed E-state index contributed by atoms with van der Waals surface area (Å²) in [7, 11) is 1.66. The van der Waals surface area contributed by atoms with E-state index >= 15 is 0 Å². The van der Waals surface area contributed by atoms with Crippen molar-refractivity contribution in [2.24, 2.45) is 0 Å². The lowest BCUT2D eigenvalue weighted by Gasteiger charge is -2.05. The number of amides is 1. The number of methoxy groups -OCH3 is 1. The highest BCUT2D eigenvalue weighted by molar-refractivity contribution is 7.13. The fourth-order valence-electron chi connectivity index (χ4n) is 1.72. The van der Waals surface area contributed by atoms with E-state index in [1.54, 1.807) is 19.6 Å². The highest BCUT2D eigenvalue weighted by Crippen LogP contribution is 2.23. The Morgan fingerprint density at radius 3 is 2.87 bits per heavy atom. The van der Waals surface area contributed by atoms with E-state index in [4.69, 9.17) is 9.15 Å². The van der Waals surface area contributed by atoms with E-state index in [1.165, 1.54) is 11.3 Å². The van der Waals surface area contributed by atoms with Crippen LogP contribution in [0.2, 0.25) is 0 Å². The van der Waals surface area contributed by atoms with Crippen molar-refractivity contribution >= 4 is 42.1 Å². The van der Waals surface area contributed by atoms with Gasteiger partial charge in [-0.3, -0.25) is 4.79 Å². The van der Waals surface area contributed by atoms with Gasteiger partial charge in [-0.2, -0.15) is 0 Å². The van der Waals surface area contributed by atoms with Crippen LogP contribution >= 0.6 is 36.2 Å². The third-order valence-electron chi connectivity index (χ3n) is 2.77. The first-order valence-corrected chi connectivity index (χ1v) is 7.61.